The summed E-state index contributed by atoms with van der Waals surface area (Å²) in [5.41, 5.74) is 1.36. The quantitative estimate of drug-likeness (QED) is 0.688. The third-order valence-corrected chi connectivity index (χ3v) is 4.89. The maximum Gasteiger partial charge on any atom is 0.388 e. The number of aromatic nitrogens is 6. The number of halogens is 2. The van der Waals surface area contributed by atoms with Gasteiger partial charge in [0.1, 0.15) is 5.52 Å². The Kier molecular flexibility index (Phi) is 3.48. The number of nitrogens with zero attached hydrogens (tertiary/aromatic N) is 5. The van der Waals surface area contributed by atoms with Crippen LogP contribution in [-0.4, -0.2) is 49.8 Å². The Morgan fingerprint density at radius 1 is 1.31 bits per heavy atom. The van der Waals surface area contributed by atoms with Crippen LogP contribution in [-0.2, 0) is 11.3 Å². The second kappa shape index (κ2) is 5.87. The van der Waals surface area contributed by atoms with Gasteiger partial charge in [-0.15, -0.1) is 0 Å². The summed E-state index contributed by atoms with van der Waals surface area (Å²) in [4.78, 5) is 8.86. The summed E-state index contributed by atoms with van der Waals surface area (Å²) < 4.78 is 35.9. The van der Waals surface area contributed by atoms with Gasteiger partial charge >= 0.3 is 6.61 Å². The van der Waals surface area contributed by atoms with Crippen molar-refractivity contribution in [3.8, 4) is 5.88 Å². The molecular formula is C15H15F2N7O2. The molecule has 136 valence electrons. The normalized spacial score (nSPS) is 24.2. The molecule has 11 heteroatoms. The van der Waals surface area contributed by atoms with E-state index >= 15 is 0 Å². The van der Waals surface area contributed by atoms with Crippen molar-refractivity contribution < 1.29 is 18.3 Å². The van der Waals surface area contributed by atoms with Crippen LogP contribution in [0.4, 0.5) is 20.4 Å². The molecule has 3 aromatic rings. The number of rotatable bonds is 6. The molecule has 1 saturated heterocycles. The smallest absolute Gasteiger partial charge is 0.388 e. The first-order valence-electron chi connectivity index (χ1n) is 8.21. The van der Waals surface area contributed by atoms with Crippen LogP contribution in [0.5, 0.6) is 5.88 Å². The first-order chi connectivity index (χ1) is 12.7. The van der Waals surface area contributed by atoms with Crippen LogP contribution >= 0.6 is 0 Å². The molecule has 0 radical (unpaired) electrons. The van der Waals surface area contributed by atoms with E-state index in [1.165, 1.54) is 12.3 Å². The molecule has 26 heavy (non-hydrogen) atoms. The molecule has 0 amide bonds. The number of aromatic amines is 1. The van der Waals surface area contributed by atoms with Crippen LogP contribution in [0.2, 0.25) is 0 Å². The molecular weight excluding hydrogens is 348 g/mol. The monoisotopic (exact) mass is 363 g/mol. The van der Waals surface area contributed by atoms with E-state index in [0.29, 0.717) is 40.6 Å². The lowest BCUT2D eigenvalue weighted by molar-refractivity contribution is -0.0528. The fourth-order valence-corrected chi connectivity index (χ4v) is 3.53. The summed E-state index contributed by atoms with van der Waals surface area (Å²) in [5.74, 6) is 2.43. The van der Waals surface area contributed by atoms with E-state index in [-0.39, 0.29) is 5.88 Å². The minimum absolute atomic E-state index is 0.135. The molecule has 0 aromatic carbocycles. The van der Waals surface area contributed by atoms with Crippen LogP contribution in [0.25, 0.3) is 11.2 Å². The Balaban J connectivity index is 1.34. The average Bonchev–Trinajstić information content (AvgIpc) is 3.05. The third kappa shape index (κ3) is 2.73. The van der Waals surface area contributed by atoms with Gasteiger partial charge in [0.2, 0.25) is 5.88 Å². The second-order valence-corrected chi connectivity index (χ2v) is 6.44. The largest absolute Gasteiger partial charge is 0.417 e. The number of H-pyrrole nitrogens is 1. The van der Waals surface area contributed by atoms with E-state index in [9.17, 15) is 8.78 Å². The van der Waals surface area contributed by atoms with Crippen molar-refractivity contribution in [2.24, 2.45) is 17.8 Å². The molecule has 0 spiro atoms. The molecule has 2 aliphatic rings. The average molecular weight is 363 g/mol. The van der Waals surface area contributed by atoms with Crippen LogP contribution < -0.4 is 10.1 Å². The van der Waals surface area contributed by atoms with Crippen LogP contribution in [0, 0.1) is 17.8 Å². The van der Waals surface area contributed by atoms with Gasteiger partial charge in [0.25, 0.3) is 0 Å². The van der Waals surface area contributed by atoms with E-state index < -0.39 is 6.61 Å². The van der Waals surface area contributed by atoms with Crippen molar-refractivity contribution in [1.29, 1.82) is 0 Å². The van der Waals surface area contributed by atoms with Gasteiger partial charge < -0.3 is 14.8 Å². The molecule has 5 rings (SSSR count). The molecule has 4 heterocycles. The van der Waals surface area contributed by atoms with E-state index in [4.69, 9.17) is 4.74 Å². The highest BCUT2D eigenvalue weighted by molar-refractivity contribution is 5.71. The number of fused-ring (bicyclic) bond motifs is 2. The zero-order valence-electron chi connectivity index (χ0n) is 13.5. The lowest BCUT2D eigenvalue weighted by Gasteiger charge is -2.06. The maximum absolute atomic E-state index is 12.2. The predicted octanol–water partition coefficient (Wildman–Crippen LogP) is 1.79. The Hall–Kier alpha value is -2.82. The standard InChI is InChI=1S/C15H15F2N7O2/c16-15(17)26-13-1-11(22-23-13)20-12-3-18-10-2-19-24(14(10)21-12)4-7-8-5-25-6-9(7)8/h1-3,7-9,15H,4-6H2,(H2,20,21,22,23)/t7-,8-,9+. The predicted molar refractivity (Wildman–Crippen MR) is 85.1 cm³/mol. The highest BCUT2D eigenvalue weighted by Gasteiger charge is 2.53. The molecule has 2 fully saturated rings. The van der Waals surface area contributed by atoms with Gasteiger partial charge in [-0.2, -0.15) is 19.0 Å². The van der Waals surface area contributed by atoms with E-state index in [1.54, 1.807) is 6.20 Å². The van der Waals surface area contributed by atoms with Gasteiger partial charge in [-0.3, -0.25) is 0 Å². The highest BCUT2D eigenvalue weighted by Crippen LogP contribution is 2.51. The molecule has 1 aliphatic heterocycles. The topological polar surface area (TPSA) is 103 Å². The molecule has 3 atom stereocenters. The molecule has 9 nitrogen and oxygen atoms in total. The number of nitrogens with one attached hydrogen (secondary N) is 2. The van der Waals surface area contributed by atoms with Crippen LogP contribution in [0.1, 0.15) is 0 Å². The zero-order chi connectivity index (χ0) is 17.7. The maximum atomic E-state index is 12.2. The van der Waals surface area contributed by atoms with Gasteiger partial charge in [-0.25, -0.2) is 19.7 Å². The summed E-state index contributed by atoms with van der Waals surface area (Å²) in [6.45, 7) is -0.472. The van der Waals surface area contributed by atoms with Gasteiger partial charge in [-0.05, 0) is 17.8 Å². The summed E-state index contributed by atoms with van der Waals surface area (Å²) in [6.07, 6.45) is 3.22. The van der Waals surface area contributed by atoms with Crippen LogP contribution in [0.15, 0.2) is 18.5 Å². The van der Waals surface area contributed by atoms with Gasteiger partial charge in [-0.1, -0.05) is 0 Å². The number of ether oxygens (including phenoxy) is 2. The number of hydrogen-bond acceptors (Lipinski definition) is 7. The number of hydrogen-bond donors (Lipinski definition) is 2. The first-order valence-corrected chi connectivity index (χ1v) is 8.21. The second-order valence-electron chi connectivity index (χ2n) is 6.44. The van der Waals surface area contributed by atoms with Crippen LogP contribution in [0.3, 0.4) is 0 Å². The molecule has 0 unspecified atom stereocenters. The lowest BCUT2D eigenvalue weighted by atomic mass is 10.3. The fraction of sp³-hybridized carbons (Fsp3) is 0.467. The molecule has 2 N–H and O–H groups in total. The van der Waals surface area contributed by atoms with Gasteiger partial charge in [0.15, 0.2) is 17.3 Å². The van der Waals surface area contributed by atoms with Crippen molar-refractivity contribution in [2.45, 2.75) is 13.2 Å². The minimum Gasteiger partial charge on any atom is -0.417 e. The number of anilines is 2. The summed E-state index contributed by atoms with van der Waals surface area (Å²) in [5, 5.41) is 13.5. The zero-order valence-corrected chi connectivity index (χ0v) is 13.5. The van der Waals surface area contributed by atoms with E-state index in [0.717, 1.165) is 19.8 Å². The minimum atomic E-state index is -2.92. The Labute approximate surface area is 145 Å². The first kappa shape index (κ1) is 15.4. The Morgan fingerprint density at radius 2 is 2.15 bits per heavy atom. The van der Waals surface area contributed by atoms with Crippen molar-refractivity contribution in [2.75, 3.05) is 18.5 Å². The van der Waals surface area contributed by atoms with Crippen molar-refractivity contribution in [3.63, 3.8) is 0 Å². The van der Waals surface area contributed by atoms with Gasteiger partial charge in [0.05, 0.1) is 25.6 Å². The van der Waals surface area contributed by atoms with Crippen molar-refractivity contribution in [1.82, 2.24) is 29.9 Å². The molecule has 3 aromatic heterocycles. The lowest BCUT2D eigenvalue weighted by Crippen LogP contribution is -2.09. The van der Waals surface area contributed by atoms with Crippen molar-refractivity contribution >= 4 is 22.8 Å². The summed E-state index contributed by atoms with van der Waals surface area (Å²) in [7, 11) is 0. The van der Waals surface area contributed by atoms with E-state index in [2.05, 4.69) is 35.3 Å². The Morgan fingerprint density at radius 3 is 2.96 bits per heavy atom. The van der Waals surface area contributed by atoms with E-state index in [1.807, 2.05) is 4.68 Å². The fourth-order valence-electron chi connectivity index (χ4n) is 3.53. The van der Waals surface area contributed by atoms with Crippen molar-refractivity contribution in [3.05, 3.63) is 18.5 Å². The highest BCUT2D eigenvalue weighted by atomic mass is 19.3. The SMILES string of the molecule is FC(F)Oc1cc(Nc2cnc3cnn(C[C@H]4[C@@H]5COC[C@@H]54)c3n2)n[nH]1. The summed E-state index contributed by atoms with van der Waals surface area (Å²) in [6, 6.07) is 1.32. The molecule has 1 aliphatic carbocycles. The number of alkyl halides is 2. The molecule has 0 bridgehead atoms. The van der Waals surface area contributed by atoms with Gasteiger partial charge in [0, 0.05) is 12.6 Å². The third-order valence-electron chi connectivity index (χ3n) is 4.89. The molecule has 1 saturated carbocycles. The Bertz CT molecular complexity index is 933. The summed E-state index contributed by atoms with van der Waals surface area (Å²) >= 11 is 0.